The van der Waals surface area contributed by atoms with E-state index in [0.29, 0.717) is 18.4 Å². The van der Waals surface area contributed by atoms with E-state index >= 15 is 0 Å². The first-order valence-corrected chi connectivity index (χ1v) is 8.87. The van der Waals surface area contributed by atoms with E-state index in [1.54, 1.807) is 37.3 Å². The number of carbonyl (C=O) groups excluding carboxylic acids is 3. The lowest BCUT2D eigenvalue weighted by Crippen LogP contribution is -2.28. The molecular formula is C21H20F2N2O4. The Kier molecular flexibility index (Phi) is 8.02. The predicted octanol–water partition coefficient (Wildman–Crippen LogP) is 3.30. The van der Waals surface area contributed by atoms with Gasteiger partial charge in [-0.15, -0.1) is 0 Å². The van der Waals surface area contributed by atoms with Crippen LogP contribution >= 0.6 is 0 Å². The Balaban J connectivity index is 1.79. The summed E-state index contributed by atoms with van der Waals surface area (Å²) in [5.74, 6) is -3.26. The van der Waals surface area contributed by atoms with Crippen LogP contribution in [-0.2, 0) is 14.3 Å². The van der Waals surface area contributed by atoms with Gasteiger partial charge in [0.1, 0.15) is 11.6 Å². The molecule has 0 bridgehead atoms. The van der Waals surface area contributed by atoms with E-state index in [0.717, 1.165) is 17.7 Å². The largest absolute Gasteiger partial charge is 0.463 e. The number of ether oxygens (including phenoxy) is 1. The summed E-state index contributed by atoms with van der Waals surface area (Å²) >= 11 is 0. The molecule has 0 heterocycles. The Morgan fingerprint density at radius 3 is 2.45 bits per heavy atom. The third-order valence-corrected chi connectivity index (χ3v) is 3.71. The molecule has 2 rings (SSSR count). The van der Waals surface area contributed by atoms with Crippen LogP contribution in [0.15, 0.2) is 48.5 Å². The topological polar surface area (TPSA) is 84.5 Å². The van der Waals surface area contributed by atoms with E-state index in [-0.39, 0.29) is 24.4 Å². The molecule has 0 fully saturated rings. The molecule has 0 aromatic heterocycles. The molecule has 2 amide bonds. The number of carbonyl (C=O) groups is 3. The molecular weight excluding hydrogens is 382 g/mol. The molecule has 2 aromatic carbocycles. The number of benzene rings is 2. The second-order valence-electron chi connectivity index (χ2n) is 5.89. The Labute approximate surface area is 166 Å². The van der Waals surface area contributed by atoms with Gasteiger partial charge in [0, 0.05) is 30.8 Å². The highest BCUT2D eigenvalue weighted by atomic mass is 19.1. The van der Waals surface area contributed by atoms with Crippen LogP contribution in [0, 0.1) is 11.6 Å². The fraction of sp³-hybridized carbons (Fsp3) is 0.190. The van der Waals surface area contributed by atoms with Gasteiger partial charge in [-0.1, -0.05) is 12.1 Å². The minimum Gasteiger partial charge on any atom is -0.463 e. The quantitative estimate of drug-likeness (QED) is 0.524. The van der Waals surface area contributed by atoms with Gasteiger partial charge in [0.05, 0.1) is 12.2 Å². The first kappa shape index (κ1) is 21.7. The molecule has 152 valence electrons. The van der Waals surface area contributed by atoms with Gasteiger partial charge in [-0.3, -0.25) is 9.59 Å². The number of hydrogen-bond donors (Lipinski definition) is 2. The van der Waals surface area contributed by atoms with Crippen molar-refractivity contribution in [2.24, 2.45) is 0 Å². The minimum atomic E-state index is -0.968. The van der Waals surface area contributed by atoms with Crippen LogP contribution in [0.25, 0.3) is 6.08 Å². The average Bonchev–Trinajstić information content (AvgIpc) is 2.67. The zero-order valence-corrected chi connectivity index (χ0v) is 15.7. The molecule has 0 aliphatic heterocycles. The minimum absolute atomic E-state index is 0.0121. The fourth-order valence-electron chi connectivity index (χ4n) is 2.31. The van der Waals surface area contributed by atoms with Crippen molar-refractivity contribution in [1.82, 2.24) is 5.32 Å². The van der Waals surface area contributed by atoms with Crippen molar-refractivity contribution in [2.45, 2.75) is 13.3 Å². The summed E-state index contributed by atoms with van der Waals surface area (Å²) in [5, 5.41) is 5.06. The number of hydrogen-bond acceptors (Lipinski definition) is 4. The number of esters is 1. The number of amides is 2. The summed E-state index contributed by atoms with van der Waals surface area (Å²) in [5.41, 5.74) is 1.00. The van der Waals surface area contributed by atoms with E-state index in [2.05, 4.69) is 10.6 Å². The number of halogens is 2. The van der Waals surface area contributed by atoms with E-state index in [4.69, 9.17) is 4.74 Å². The lowest BCUT2D eigenvalue weighted by Gasteiger charge is -2.08. The first-order chi connectivity index (χ1) is 13.9. The highest BCUT2D eigenvalue weighted by Crippen LogP contribution is 2.12. The molecule has 0 saturated heterocycles. The molecule has 29 heavy (non-hydrogen) atoms. The van der Waals surface area contributed by atoms with Crippen LogP contribution in [0.1, 0.15) is 29.3 Å². The maximum atomic E-state index is 13.5. The first-order valence-electron chi connectivity index (χ1n) is 8.87. The van der Waals surface area contributed by atoms with Crippen LogP contribution in [-0.4, -0.2) is 30.9 Å². The van der Waals surface area contributed by atoms with Gasteiger partial charge in [-0.2, -0.15) is 0 Å². The Morgan fingerprint density at radius 1 is 1.07 bits per heavy atom. The fourth-order valence-corrected chi connectivity index (χ4v) is 2.31. The summed E-state index contributed by atoms with van der Waals surface area (Å²) < 4.78 is 31.2. The molecule has 6 nitrogen and oxygen atoms in total. The molecule has 0 radical (unpaired) electrons. The molecule has 0 unspecified atom stereocenters. The van der Waals surface area contributed by atoms with Crippen molar-refractivity contribution in [1.29, 1.82) is 0 Å². The summed E-state index contributed by atoms with van der Waals surface area (Å²) in [4.78, 5) is 35.1. The third kappa shape index (κ3) is 7.17. The Hall–Kier alpha value is -3.55. The standard InChI is InChI=1S/C21H20F2N2O4/c1-2-29-20(27)10-5-14-3-7-16(8-4-14)25-19(26)11-12-24-21(28)17-9-6-15(22)13-18(17)23/h3-10,13H,2,11-12H2,1H3,(H,24,28)(H,25,26)/b10-5+. The summed E-state index contributed by atoms with van der Waals surface area (Å²) in [6.45, 7) is 2.00. The molecule has 0 atom stereocenters. The van der Waals surface area contributed by atoms with Crippen molar-refractivity contribution in [3.63, 3.8) is 0 Å². The van der Waals surface area contributed by atoms with Gasteiger partial charge < -0.3 is 15.4 Å². The van der Waals surface area contributed by atoms with Gasteiger partial charge in [-0.25, -0.2) is 13.6 Å². The van der Waals surface area contributed by atoms with Crippen LogP contribution in [0.5, 0.6) is 0 Å². The second-order valence-corrected chi connectivity index (χ2v) is 5.89. The SMILES string of the molecule is CCOC(=O)/C=C/c1ccc(NC(=O)CCNC(=O)c2ccc(F)cc2F)cc1. The van der Waals surface area contributed by atoms with Crippen molar-refractivity contribution in [3.8, 4) is 0 Å². The van der Waals surface area contributed by atoms with Crippen LogP contribution in [0.3, 0.4) is 0 Å². The van der Waals surface area contributed by atoms with E-state index in [9.17, 15) is 23.2 Å². The van der Waals surface area contributed by atoms with Gasteiger partial charge in [-0.05, 0) is 42.8 Å². The number of nitrogens with one attached hydrogen (secondary N) is 2. The Bertz CT molecular complexity index is 911. The molecule has 8 heteroatoms. The van der Waals surface area contributed by atoms with E-state index < -0.39 is 23.5 Å². The van der Waals surface area contributed by atoms with Crippen LogP contribution in [0.2, 0.25) is 0 Å². The second kappa shape index (κ2) is 10.7. The summed E-state index contributed by atoms with van der Waals surface area (Å²) in [6, 6.07) is 9.39. The lowest BCUT2D eigenvalue weighted by molar-refractivity contribution is -0.137. The van der Waals surface area contributed by atoms with Gasteiger partial charge in [0.2, 0.25) is 5.91 Å². The smallest absolute Gasteiger partial charge is 0.330 e. The zero-order valence-electron chi connectivity index (χ0n) is 15.7. The highest BCUT2D eigenvalue weighted by Gasteiger charge is 2.12. The molecule has 2 N–H and O–H groups in total. The van der Waals surface area contributed by atoms with Gasteiger partial charge >= 0.3 is 5.97 Å². The highest BCUT2D eigenvalue weighted by molar-refractivity contribution is 5.95. The van der Waals surface area contributed by atoms with Gasteiger partial charge in [0.25, 0.3) is 5.91 Å². The number of rotatable bonds is 8. The summed E-state index contributed by atoms with van der Waals surface area (Å²) in [7, 11) is 0. The van der Waals surface area contributed by atoms with Crippen molar-refractivity contribution in [3.05, 3.63) is 71.3 Å². The molecule has 0 aliphatic rings. The van der Waals surface area contributed by atoms with Crippen molar-refractivity contribution >= 4 is 29.5 Å². The van der Waals surface area contributed by atoms with Crippen LogP contribution in [0.4, 0.5) is 14.5 Å². The van der Waals surface area contributed by atoms with E-state index in [1.807, 2.05) is 0 Å². The molecule has 2 aromatic rings. The van der Waals surface area contributed by atoms with Crippen LogP contribution < -0.4 is 10.6 Å². The molecule has 0 spiro atoms. The molecule has 0 aliphatic carbocycles. The van der Waals surface area contributed by atoms with Crippen molar-refractivity contribution in [2.75, 3.05) is 18.5 Å². The maximum Gasteiger partial charge on any atom is 0.330 e. The average molecular weight is 402 g/mol. The maximum absolute atomic E-state index is 13.5. The number of anilines is 1. The lowest BCUT2D eigenvalue weighted by atomic mass is 10.2. The Morgan fingerprint density at radius 2 is 1.79 bits per heavy atom. The van der Waals surface area contributed by atoms with E-state index in [1.165, 1.54) is 6.08 Å². The summed E-state index contributed by atoms with van der Waals surface area (Å²) in [6.07, 6.45) is 2.87. The van der Waals surface area contributed by atoms with Gasteiger partial charge in [0.15, 0.2) is 0 Å². The third-order valence-electron chi connectivity index (χ3n) is 3.71. The van der Waals surface area contributed by atoms with Crippen molar-refractivity contribution < 1.29 is 27.9 Å². The molecule has 0 saturated carbocycles. The predicted molar refractivity (Wildman–Crippen MR) is 104 cm³/mol. The normalized spacial score (nSPS) is 10.6. The monoisotopic (exact) mass is 402 g/mol. The zero-order chi connectivity index (χ0) is 21.2.